The van der Waals surface area contributed by atoms with Gasteiger partial charge in [-0.3, -0.25) is 0 Å². The van der Waals surface area contributed by atoms with Gasteiger partial charge < -0.3 is 4.74 Å². The van der Waals surface area contributed by atoms with Gasteiger partial charge in [0.25, 0.3) is 0 Å². The second-order valence-electron chi connectivity index (χ2n) is 3.46. The SMILES string of the molecule is CCOC(=O)c1sc(C2CC2)nc1C. The zero-order valence-electron chi connectivity index (χ0n) is 8.37. The number of ether oxygens (including phenoxy) is 1. The predicted octanol–water partition coefficient (Wildman–Crippen LogP) is 2.51. The van der Waals surface area contributed by atoms with Crippen molar-refractivity contribution < 1.29 is 9.53 Å². The number of hydrogen-bond donors (Lipinski definition) is 0. The van der Waals surface area contributed by atoms with Gasteiger partial charge in [0.05, 0.1) is 17.3 Å². The maximum atomic E-state index is 11.5. The normalized spacial score (nSPS) is 15.6. The smallest absolute Gasteiger partial charge is 0.350 e. The summed E-state index contributed by atoms with van der Waals surface area (Å²) in [6.45, 7) is 4.11. The van der Waals surface area contributed by atoms with Crippen LogP contribution in [0.4, 0.5) is 0 Å². The molecule has 1 heterocycles. The molecule has 0 bridgehead atoms. The molecule has 1 fully saturated rings. The van der Waals surface area contributed by atoms with Crippen molar-refractivity contribution in [2.45, 2.75) is 32.6 Å². The fraction of sp³-hybridized carbons (Fsp3) is 0.600. The number of thiazole rings is 1. The van der Waals surface area contributed by atoms with Crippen LogP contribution in [0.5, 0.6) is 0 Å². The van der Waals surface area contributed by atoms with Crippen LogP contribution in [-0.4, -0.2) is 17.6 Å². The van der Waals surface area contributed by atoms with Crippen molar-refractivity contribution in [3.05, 3.63) is 15.6 Å². The molecule has 2 rings (SSSR count). The van der Waals surface area contributed by atoms with E-state index in [1.54, 1.807) is 0 Å². The molecule has 0 N–H and O–H groups in total. The van der Waals surface area contributed by atoms with Crippen molar-refractivity contribution in [3.8, 4) is 0 Å². The molecule has 0 saturated heterocycles. The van der Waals surface area contributed by atoms with E-state index in [4.69, 9.17) is 4.74 Å². The van der Waals surface area contributed by atoms with Crippen LogP contribution in [-0.2, 0) is 4.74 Å². The minimum absolute atomic E-state index is 0.227. The van der Waals surface area contributed by atoms with Crippen LogP contribution in [0.25, 0.3) is 0 Å². The number of aryl methyl sites for hydroxylation is 1. The van der Waals surface area contributed by atoms with Gasteiger partial charge >= 0.3 is 5.97 Å². The Kier molecular flexibility index (Phi) is 2.54. The molecule has 3 nitrogen and oxygen atoms in total. The van der Waals surface area contributed by atoms with Crippen LogP contribution in [0, 0.1) is 6.92 Å². The monoisotopic (exact) mass is 211 g/mol. The summed E-state index contributed by atoms with van der Waals surface area (Å²) in [5.41, 5.74) is 0.815. The lowest BCUT2D eigenvalue weighted by molar-refractivity contribution is 0.0531. The summed E-state index contributed by atoms with van der Waals surface area (Å²) in [6.07, 6.45) is 2.43. The molecule has 0 atom stereocenters. The van der Waals surface area contributed by atoms with E-state index in [2.05, 4.69) is 4.98 Å². The van der Waals surface area contributed by atoms with Crippen molar-refractivity contribution >= 4 is 17.3 Å². The molecular weight excluding hydrogens is 198 g/mol. The van der Waals surface area contributed by atoms with Gasteiger partial charge in [0.15, 0.2) is 0 Å². The number of aromatic nitrogens is 1. The highest BCUT2D eigenvalue weighted by molar-refractivity contribution is 7.13. The summed E-state index contributed by atoms with van der Waals surface area (Å²) in [6, 6.07) is 0. The summed E-state index contributed by atoms with van der Waals surface area (Å²) < 4.78 is 4.95. The Morgan fingerprint density at radius 2 is 2.36 bits per heavy atom. The first-order valence-electron chi connectivity index (χ1n) is 4.86. The predicted molar refractivity (Wildman–Crippen MR) is 54.8 cm³/mol. The zero-order chi connectivity index (χ0) is 10.1. The third-order valence-electron chi connectivity index (χ3n) is 2.20. The zero-order valence-corrected chi connectivity index (χ0v) is 9.19. The molecule has 1 aromatic heterocycles. The first kappa shape index (κ1) is 9.65. The number of carbonyl (C=O) groups is 1. The lowest BCUT2D eigenvalue weighted by Crippen LogP contribution is -2.03. The second-order valence-corrected chi connectivity index (χ2v) is 4.49. The van der Waals surface area contributed by atoms with Crippen LogP contribution >= 0.6 is 11.3 Å². The van der Waals surface area contributed by atoms with E-state index < -0.39 is 0 Å². The summed E-state index contributed by atoms with van der Waals surface area (Å²) in [7, 11) is 0. The quantitative estimate of drug-likeness (QED) is 0.721. The standard InChI is InChI=1S/C10H13NO2S/c1-3-13-10(12)8-6(2)11-9(14-8)7-4-5-7/h7H,3-5H2,1-2H3. The van der Waals surface area contributed by atoms with E-state index in [0.717, 1.165) is 10.7 Å². The fourth-order valence-corrected chi connectivity index (χ4v) is 2.44. The van der Waals surface area contributed by atoms with Crippen molar-refractivity contribution in [1.82, 2.24) is 4.98 Å². The van der Waals surface area contributed by atoms with Crippen molar-refractivity contribution in [3.63, 3.8) is 0 Å². The van der Waals surface area contributed by atoms with Crippen LogP contribution in [0.3, 0.4) is 0 Å². The van der Waals surface area contributed by atoms with E-state index in [-0.39, 0.29) is 5.97 Å². The summed E-state index contributed by atoms with van der Waals surface area (Å²) in [5, 5.41) is 1.10. The summed E-state index contributed by atoms with van der Waals surface area (Å²) in [5.74, 6) is 0.385. The number of rotatable bonds is 3. The Morgan fingerprint density at radius 3 is 2.93 bits per heavy atom. The van der Waals surface area contributed by atoms with Gasteiger partial charge in [-0.05, 0) is 26.7 Å². The topological polar surface area (TPSA) is 39.2 Å². The lowest BCUT2D eigenvalue weighted by atomic mass is 10.4. The molecule has 0 spiro atoms. The van der Waals surface area contributed by atoms with E-state index in [1.807, 2.05) is 13.8 Å². The van der Waals surface area contributed by atoms with Crippen molar-refractivity contribution in [2.24, 2.45) is 0 Å². The van der Waals surface area contributed by atoms with E-state index >= 15 is 0 Å². The average Bonchev–Trinajstić information content (AvgIpc) is 2.91. The van der Waals surface area contributed by atoms with Crippen LogP contribution < -0.4 is 0 Å². The first-order chi connectivity index (χ1) is 6.72. The Balaban J connectivity index is 2.19. The molecule has 1 saturated carbocycles. The Morgan fingerprint density at radius 1 is 1.64 bits per heavy atom. The number of esters is 1. The van der Waals surface area contributed by atoms with Crippen LogP contribution in [0.1, 0.15) is 46.1 Å². The first-order valence-corrected chi connectivity index (χ1v) is 5.68. The molecule has 1 aliphatic rings. The molecule has 14 heavy (non-hydrogen) atoms. The molecule has 4 heteroatoms. The minimum Gasteiger partial charge on any atom is -0.462 e. The molecule has 1 aromatic rings. The summed E-state index contributed by atoms with van der Waals surface area (Å²) in [4.78, 5) is 16.5. The molecular formula is C10H13NO2S. The number of hydrogen-bond acceptors (Lipinski definition) is 4. The molecule has 0 unspecified atom stereocenters. The van der Waals surface area contributed by atoms with Crippen LogP contribution in [0.15, 0.2) is 0 Å². The molecule has 0 amide bonds. The van der Waals surface area contributed by atoms with Crippen LogP contribution in [0.2, 0.25) is 0 Å². The third-order valence-corrected chi connectivity index (χ3v) is 3.50. The van der Waals surface area contributed by atoms with Gasteiger partial charge in [-0.25, -0.2) is 9.78 Å². The van der Waals surface area contributed by atoms with E-state index in [1.165, 1.54) is 24.2 Å². The van der Waals surface area contributed by atoms with Gasteiger partial charge in [0, 0.05) is 5.92 Å². The van der Waals surface area contributed by atoms with Gasteiger partial charge in [-0.15, -0.1) is 11.3 Å². The largest absolute Gasteiger partial charge is 0.462 e. The molecule has 0 radical (unpaired) electrons. The lowest BCUT2D eigenvalue weighted by Gasteiger charge is -1.97. The Hall–Kier alpha value is -0.900. The van der Waals surface area contributed by atoms with Gasteiger partial charge in [-0.2, -0.15) is 0 Å². The highest BCUT2D eigenvalue weighted by Crippen LogP contribution is 2.42. The third kappa shape index (κ3) is 1.80. The maximum Gasteiger partial charge on any atom is 0.350 e. The van der Waals surface area contributed by atoms with Gasteiger partial charge in [0.1, 0.15) is 4.88 Å². The Bertz CT molecular complexity index is 355. The number of carbonyl (C=O) groups excluding carboxylic acids is 1. The second kappa shape index (κ2) is 3.69. The molecule has 76 valence electrons. The van der Waals surface area contributed by atoms with Gasteiger partial charge in [-0.1, -0.05) is 0 Å². The number of nitrogens with zero attached hydrogens (tertiary/aromatic N) is 1. The highest BCUT2D eigenvalue weighted by Gasteiger charge is 2.29. The van der Waals surface area contributed by atoms with Crippen molar-refractivity contribution in [2.75, 3.05) is 6.61 Å². The summed E-state index contributed by atoms with van der Waals surface area (Å²) >= 11 is 1.49. The van der Waals surface area contributed by atoms with Crippen molar-refractivity contribution in [1.29, 1.82) is 0 Å². The molecule has 0 aromatic carbocycles. The molecule has 1 aliphatic carbocycles. The average molecular weight is 211 g/mol. The maximum absolute atomic E-state index is 11.5. The van der Waals surface area contributed by atoms with Gasteiger partial charge in [0.2, 0.25) is 0 Å². The van der Waals surface area contributed by atoms with E-state index in [9.17, 15) is 4.79 Å². The van der Waals surface area contributed by atoms with E-state index in [0.29, 0.717) is 17.4 Å². The minimum atomic E-state index is -0.227. The molecule has 0 aliphatic heterocycles. The fourth-order valence-electron chi connectivity index (χ4n) is 1.31. The Labute approximate surface area is 87.1 Å². The highest BCUT2D eigenvalue weighted by atomic mass is 32.1.